The first-order valence-electron chi connectivity index (χ1n) is 7.42. The van der Waals surface area contributed by atoms with Crippen LogP contribution < -0.4 is 5.32 Å². The third-order valence-corrected chi connectivity index (χ3v) is 3.75. The topological polar surface area (TPSA) is 61.7 Å². The monoisotopic (exact) mass is 279 g/mol. The second kappa shape index (κ2) is 8.37. The van der Waals surface area contributed by atoms with E-state index in [0.717, 1.165) is 31.4 Å². The summed E-state index contributed by atoms with van der Waals surface area (Å²) in [6.45, 7) is 2.29. The SMILES string of the molecule is OC(CNCC1CCC(O)C1)COCc1ccccc1. The first-order valence-corrected chi connectivity index (χ1v) is 7.42. The molecule has 0 aliphatic heterocycles. The molecule has 0 heterocycles. The molecule has 1 saturated carbocycles. The summed E-state index contributed by atoms with van der Waals surface area (Å²) in [5.41, 5.74) is 1.12. The lowest BCUT2D eigenvalue weighted by Gasteiger charge is -2.15. The van der Waals surface area contributed by atoms with Crippen LogP contribution >= 0.6 is 0 Å². The van der Waals surface area contributed by atoms with E-state index in [1.165, 1.54) is 0 Å². The number of ether oxygens (including phenoxy) is 1. The molecule has 0 spiro atoms. The molecule has 0 amide bonds. The molecule has 20 heavy (non-hydrogen) atoms. The van der Waals surface area contributed by atoms with Gasteiger partial charge in [-0.05, 0) is 37.3 Å². The van der Waals surface area contributed by atoms with Crippen molar-refractivity contribution < 1.29 is 14.9 Å². The number of benzene rings is 1. The summed E-state index contributed by atoms with van der Waals surface area (Å²) in [6.07, 6.45) is 2.27. The summed E-state index contributed by atoms with van der Waals surface area (Å²) < 4.78 is 5.49. The van der Waals surface area contributed by atoms with Crippen LogP contribution in [0.4, 0.5) is 0 Å². The highest BCUT2D eigenvalue weighted by molar-refractivity contribution is 5.13. The Morgan fingerprint density at radius 2 is 2.05 bits per heavy atom. The van der Waals surface area contributed by atoms with Gasteiger partial charge in [0.2, 0.25) is 0 Å². The number of aliphatic hydroxyl groups is 2. The highest BCUT2D eigenvalue weighted by atomic mass is 16.5. The molecule has 1 aromatic rings. The molecule has 4 heteroatoms. The average Bonchev–Trinajstić information content (AvgIpc) is 2.86. The van der Waals surface area contributed by atoms with Crippen LogP contribution in [0.1, 0.15) is 24.8 Å². The molecule has 1 aromatic carbocycles. The van der Waals surface area contributed by atoms with Crippen LogP contribution in [0.3, 0.4) is 0 Å². The fourth-order valence-corrected chi connectivity index (χ4v) is 2.63. The maximum atomic E-state index is 9.82. The Morgan fingerprint density at radius 1 is 1.25 bits per heavy atom. The van der Waals surface area contributed by atoms with Gasteiger partial charge in [0.25, 0.3) is 0 Å². The summed E-state index contributed by atoms with van der Waals surface area (Å²) in [5.74, 6) is 0.544. The molecular formula is C16H25NO3. The fraction of sp³-hybridized carbons (Fsp3) is 0.625. The van der Waals surface area contributed by atoms with Gasteiger partial charge in [-0.25, -0.2) is 0 Å². The zero-order valence-electron chi connectivity index (χ0n) is 11.9. The largest absolute Gasteiger partial charge is 0.393 e. The van der Waals surface area contributed by atoms with E-state index in [-0.39, 0.29) is 6.10 Å². The van der Waals surface area contributed by atoms with Gasteiger partial charge in [0.1, 0.15) is 0 Å². The lowest BCUT2D eigenvalue weighted by atomic mass is 10.1. The van der Waals surface area contributed by atoms with Crippen molar-refractivity contribution in [1.29, 1.82) is 0 Å². The molecule has 0 bridgehead atoms. The van der Waals surface area contributed by atoms with Crippen molar-refractivity contribution in [3.05, 3.63) is 35.9 Å². The van der Waals surface area contributed by atoms with Gasteiger partial charge in [-0.15, -0.1) is 0 Å². The average molecular weight is 279 g/mol. The Labute approximate surface area is 120 Å². The smallest absolute Gasteiger partial charge is 0.0897 e. The van der Waals surface area contributed by atoms with Crippen LogP contribution in [0.25, 0.3) is 0 Å². The zero-order chi connectivity index (χ0) is 14.2. The van der Waals surface area contributed by atoms with Crippen molar-refractivity contribution >= 4 is 0 Å². The Hall–Kier alpha value is -0.940. The van der Waals surface area contributed by atoms with Gasteiger partial charge >= 0.3 is 0 Å². The Morgan fingerprint density at radius 3 is 2.75 bits per heavy atom. The minimum Gasteiger partial charge on any atom is -0.393 e. The molecule has 3 unspecified atom stereocenters. The quantitative estimate of drug-likeness (QED) is 0.671. The summed E-state index contributed by atoms with van der Waals surface area (Å²) in [5, 5.41) is 22.5. The molecule has 2 rings (SSSR count). The van der Waals surface area contributed by atoms with Gasteiger partial charge in [-0.1, -0.05) is 30.3 Å². The second-order valence-corrected chi connectivity index (χ2v) is 5.65. The highest BCUT2D eigenvalue weighted by Crippen LogP contribution is 2.24. The first-order chi connectivity index (χ1) is 9.74. The zero-order valence-corrected chi connectivity index (χ0v) is 11.9. The third kappa shape index (κ3) is 5.59. The van der Waals surface area contributed by atoms with Crippen LogP contribution in [0.2, 0.25) is 0 Å². The fourth-order valence-electron chi connectivity index (χ4n) is 2.63. The van der Waals surface area contributed by atoms with Gasteiger partial charge in [0.15, 0.2) is 0 Å². The van der Waals surface area contributed by atoms with Crippen molar-refractivity contribution in [3.63, 3.8) is 0 Å². The maximum absolute atomic E-state index is 9.82. The molecule has 1 aliphatic carbocycles. The molecule has 112 valence electrons. The number of hydrogen-bond acceptors (Lipinski definition) is 4. The van der Waals surface area contributed by atoms with Gasteiger partial charge < -0.3 is 20.3 Å². The molecule has 4 nitrogen and oxygen atoms in total. The van der Waals surface area contributed by atoms with E-state index in [2.05, 4.69) is 5.32 Å². The normalized spacial score (nSPS) is 23.9. The van der Waals surface area contributed by atoms with E-state index in [1.807, 2.05) is 30.3 Å². The van der Waals surface area contributed by atoms with E-state index in [1.54, 1.807) is 0 Å². The lowest BCUT2D eigenvalue weighted by molar-refractivity contribution is 0.0285. The molecule has 0 saturated heterocycles. The summed E-state index contributed by atoms with van der Waals surface area (Å²) in [7, 11) is 0. The van der Waals surface area contributed by atoms with Crippen LogP contribution in [0.5, 0.6) is 0 Å². The van der Waals surface area contributed by atoms with Crippen molar-refractivity contribution in [3.8, 4) is 0 Å². The van der Waals surface area contributed by atoms with Crippen LogP contribution in [0, 0.1) is 5.92 Å². The standard InChI is InChI=1S/C16H25NO3/c18-15-7-6-14(8-15)9-17-10-16(19)12-20-11-13-4-2-1-3-5-13/h1-5,14-19H,6-12H2. The lowest BCUT2D eigenvalue weighted by Crippen LogP contribution is -2.33. The predicted octanol–water partition coefficient (Wildman–Crippen LogP) is 1.31. The minimum atomic E-state index is -0.481. The van der Waals surface area contributed by atoms with E-state index < -0.39 is 6.10 Å². The van der Waals surface area contributed by atoms with Crippen LogP contribution in [-0.4, -0.2) is 42.1 Å². The Balaban J connectivity index is 1.51. The van der Waals surface area contributed by atoms with Crippen molar-refractivity contribution in [2.75, 3.05) is 19.7 Å². The molecule has 0 radical (unpaired) electrons. The van der Waals surface area contributed by atoms with E-state index in [0.29, 0.717) is 25.7 Å². The molecule has 3 N–H and O–H groups in total. The van der Waals surface area contributed by atoms with Crippen LogP contribution in [0.15, 0.2) is 30.3 Å². The number of nitrogens with one attached hydrogen (secondary N) is 1. The van der Waals surface area contributed by atoms with Crippen molar-refractivity contribution in [1.82, 2.24) is 5.32 Å². The summed E-state index contributed by atoms with van der Waals surface area (Å²) in [6, 6.07) is 9.95. The van der Waals surface area contributed by atoms with Crippen LogP contribution in [-0.2, 0) is 11.3 Å². The molecule has 1 aliphatic rings. The number of aliphatic hydroxyl groups excluding tert-OH is 2. The number of rotatable bonds is 8. The minimum absolute atomic E-state index is 0.124. The van der Waals surface area contributed by atoms with Gasteiger partial charge in [0.05, 0.1) is 25.4 Å². The van der Waals surface area contributed by atoms with Gasteiger partial charge in [-0.3, -0.25) is 0 Å². The third-order valence-electron chi connectivity index (χ3n) is 3.75. The second-order valence-electron chi connectivity index (χ2n) is 5.65. The molecule has 1 fully saturated rings. The Kier molecular flexibility index (Phi) is 6.47. The van der Waals surface area contributed by atoms with E-state index >= 15 is 0 Å². The van der Waals surface area contributed by atoms with Gasteiger partial charge in [-0.2, -0.15) is 0 Å². The van der Waals surface area contributed by atoms with Crippen molar-refractivity contribution in [2.24, 2.45) is 5.92 Å². The summed E-state index contributed by atoms with van der Waals surface area (Å²) in [4.78, 5) is 0. The summed E-state index contributed by atoms with van der Waals surface area (Å²) >= 11 is 0. The van der Waals surface area contributed by atoms with Crippen molar-refractivity contribution in [2.45, 2.75) is 38.1 Å². The molecule has 0 aromatic heterocycles. The van der Waals surface area contributed by atoms with E-state index in [4.69, 9.17) is 4.74 Å². The first kappa shape index (κ1) is 15.4. The molecule has 3 atom stereocenters. The molecular weight excluding hydrogens is 254 g/mol. The Bertz CT molecular complexity index is 371. The predicted molar refractivity (Wildman–Crippen MR) is 78.3 cm³/mol. The maximum Gasteiger partial charge on any atom is 0.0897 e. The number of hydrogen-bond donors (Lipinski definition) is 3. The van der Waals surface area contributed by atoms with E-state index in [9.17, 15) is 10.2 Å². The highest BCUT2D eigenvalue weighted by Gasteiger charge is 2.22. The van der Waals surface area contributed by atoms with Gasteiger partial charge in [0, 0.05) is 6.54 Å².